The molecular formula is C23H44N6O7. The number of carboxylic acids is 2. The van der Waals surface area contributed by atoms with E-state index in [0.29, 0.717) is 45.2 Å². The smallest absolute Gasteiger partial charge is 0.326 e. The molecule has 0 rings (SSSR count). The van der Waals surface area contributed by atoms with Gasteiger partial charge in [-0.15, -0.1) is 0 Å². The molecule has 0 aromatic carbocycles. The van der Waals surface area contributed by atoms with Crippen LogP contribution in [0.3, 0.4) is 0 Å². The van der Waals surface area contributed by atoms with Crippen LogP contribution >= 0.6 is 0 Å². The molecule has 0 aliphatic heterocycles. The van der Waals surface area contributed by atoms with Crippen molar-refractivity contribution in [1.82, 2.24) is 16.0 Å². The molecule has 3 amide bonds. The summed E-state index contributed by atoms with van der Waals surface area (Å²) in [7, 11) is 0. The Morgan fingerprint density at radius 1 is 0.722 bits per heavy atom. The molecule has 0 aliphatic carbocycles. The maximum atomic E-state index is 13.1. The van der Waals surface area contributed by atoms with Gasteiger partial charge in [0.05, 0.1) is 6.04 Å². The van der Waals surface area contributed by atoms with Crippen LogP contribution in [0.15, 0.2) is 0 Å². The first-order valence-electron chi connectivity index (χ1n) is 12.5. The molecule has 0 saturated heterocycles. The molecule has 13 nitrogen and oxygen atoms in total. The first-order chi connectivity index (χ1) is 17.0. The van der Waals surface area contributed by atoms with Crippen LogP contribution in [0.2, 0.25) is 0 Å². The van der Waals surface area contributed by atoms with Gasteiger partial charge in [0.25, 0.3) is 0 Å². The summed E-state index contributed by atoms with van der Waals surface area (Å²) in [6.45, 7) is 4.50. The second-order valence-corrected chi connectivity index (χ2v) is 8.93. The summed E-state index contributed by atoms with van der Waals surface area (Å²) in [6, 6.07) is -4.32. The largest absolute Gasteiger partial charge is 0.481 e. The Kier molecular flexibility index (Phi) is 17.1. The standard InChI is InChI=1S/C23H44N6O7/c1-3-14(2)19(26)22(34)28-16(9-5-7-13-25)20(32)27-15(8-4-6-12-24)21(33)29-17(23(35)36)10-11-18(30)31/h14-17,19H,3-13,24-26H2,1-2H3,(H,27,32)(H,28,34)(H,29,33)(H,30,31)(H,35,36). The molecule has 5 unspecified atom stereocenters. The molecule has 0 aromatic rings. The highest BCUT2D eigenvalue weighted by atomic mass is 16.4. The number of nitrogens with two attached hydrogens (primary N) is 3. The highest BCUT2D eigenvalue weighted by molar-refractivity contribution is 5.94. The molecular weight excluding hydrogens is 472 g/mol. The fraction of sp³-hybridized carbons (Fsp3) is 0.783. The number of nitrogens with one attached hydrogen (secondary N) is 3. The summed E-state index contributed by atoms with van der Waals surface area (Å²) in [4.78, 5) is 60.9. The molecule has 0 aromatic heterocycles. The van der Waals surface area contributed by atoms with E-state index in [0.717, 1.165) is 0 Å². The predicted octanol–water partition coefficient (Wildman–Crippen LogP) is -0.978. The Morgan fingerprint density at radius 3 is 1.56 bits per heavy atom. The third kappa shape index (κ3) is 13.4. The average molecular weight is 517 g/mol. The van der Waals surface area contributed by atoms with Gasteiger partial charge in [-0.25, -0.2) is 4.79 Å². The van der Waals surface area contributed by atoms with Gasteiger partial charge in [0.1, 0.15) is 18.1 Å². The lowest BCUT2D eigenvalue weighted by molar-refractivity contribution is -0.143. The summed E-state index contributed by atoms with van der Waals surface area (Å²) in [6.07, 6.45) is 2.58. The van der Waals surface area contributed by atoms with Gasteiger partial charge in [0.15, 0.2) is 0 Å². The molecule has 0 spiro atoms. The third-order valence-corrected chi connectivity index (χ3v) is 5.98. The zero-order valence-corrected chi connectivity index (χ0v) is 21.3. The van der Waals surface area contributed by atoms with E-state index in [1.54, 1.807) is 0 Å². The van der Waals surface area contributed by atoms with Gasteiger partial charge in [0.2, 0.25) is 17.7 Å². The summed E-state index contributed by atoms with van der Waals surface area (Å²) in [5, 5.41) is 25.8. The van der Waals surface area contributed by atoms with E-state index in [9.17, 15) is 29.1 Å². The molecule has 0 aliphatic rings. The van der Waals surface area contributed by atoms with Crippen LogP contribution in [0, 0.1) is 5.92 Å². The normalized spacial score (nSPS) is 15.1. The van der Waals surface area contributed by atoms with Crippen molar-refractivity contribution in [2.75, 3.05) is 13.1 Å². The van der Waals surface area contributed by atoms with Crippen LogP contribution in [-0.4, -0.2) is 77.1 Å². The first kappa shape index (κ1) is 33.2. The number of rotatable bonds is 20. The number of carbonyl (C=O) groups excluding carboxylic acids is 3. The molecule has 0 fully saturated rings. The van der Waals surface area contributed by atoms with E-state index in [1.165, 1.54) is 0 Å². The highest BCUT2D eigenvalue weighted by Gasteiger charge is 2.30. The van der Waals surface area contributed by atoms with Crippen molar-refractivity contribution in [3.63, 3.8) is 0 Å². The molecule has 0 saturated carbocycles. The average Bonchev–Trinajstić information content (AvgIpc) is 2.83. The van der Waals surface area contributed by atoms with Crippen molar-refractivity contribution in [3.05, 3.63) is 0 Å². The predicted molar refractivity (Wildman–Crippen MR) is 134 cm³/mol. The third-order valence-electron chi connectivity index (χ3n) is 5.98. The Bertz CT molecular complexity index is 721. The second-order valence-electron chi connectivity index (χ2n) is 8.93. The molecule has 36 heavy (non-hydrogen) atoms. The van der Waals surface area contributed by atoms with Crippen molar-refractivity contribution in [3.8, 4) is 0 Å². The van der Waals surface area contributed by atoms with Gasteiger partial charge in [-0.2, -0.15) is 0 Å². The van der Waals surface area contributed by atoms with Crippen molar-refractivity contribution < 1.29 is 34.2 Å². The number of aliphatic carboxylic acids is 2. The highest BCUT2D eigenvalue weighted by Crippen LogP contribution is 2.09. The number of carbonyl (C=O) groups is 5. The van der Waals surface area contributed by atoms with Crippen LogP contribution in [0.4, 0.5) is 0 Å². The van der Waals surface area contributed by atoms with Gasteiger partial charge >= 0.3 is 11.9 Å². The number of hydrogen-bond donors (Lipinski definition) is 8. The van der Waals surface area contributed by atoms with Gasteiger partial charge in [-0.3, -0.25) is 19.2 Å². The topological polar surface area (TPSA) is 240 Å². The Hall–Kier alpha value is -2.77. The number of unbranched alkanes of at least 4 members (excludes halogenated alkanes) is 2. The maximum absolute atomic E-state index is 13.1. The van der Waals surface area contributed by atoms with Crippen molar-refractivity contribution in [1.29, 1.82) is 0 Å². The first-order valence-corrected chi connectivity index (χ1v) is 12.5. The van der Waals surface area contributed by atoms with Gasteiger partial charge < -0.3 is 43.4 Å². The van der Waals surface area contributed by atoms with E-state index in [-0.39, 0.29) is 25.2 Å². The molecule has 0 bridgehead atoms. The lowest BCUT2D eigenvalue weighted by Crippen LogP contribution is -2.57. The van der Waals surface area contributed by atoms with Crippen LogP contribution in [0.5, 0.6) is 0 Å². The minimum atomic E-state index is -1.43. The fourth-order valence-electron chi connectivity index (χ4n) is 3.37. The van der Waals surface area contributed by atoms with E-state index in [1.807, 2.05) is 13.8 Å². The Balaban J connectivity index is 5.57. The van der Waals surface area contributed by atoms with Crippen molar-refractivity contribution >= 4 is 29.7 Å². The Labute approximate surface area is 212 Å². The quantitative estimate of drug-likeness (QED) is 0.0919. The maximum Gasteiger partial charge on any atom is 0.326 e. The summed E-state index contributed by atoms with van der Waals surface area (Å²) in [5.74, 6) is -4.55. The zero-order valence-electron chi connectivity index (χ0n) is 21.3. The van der Waals surface area contributed by atoms with Gasteiger partial charge in [-0.05, 0) is 64.0 Å². The van der Waals surface area contributed by atoms with E-state index in [4.69, 9.17) is 22.3 Å². The molecule has 208 valence electrons. The molecule has 0 radical (unpaired) electrons. The Morgan fingerprint density at radius 2 is 1.17 bits per heavy atom. The summed E-state index contributed by atoms with van der Waals surface area (Å²) < 4.78 is 0. The van der Waals surface area contributed by atoms with E-state index < -0.39 is 60.2 Å². The number of hydrogen-bond acceptors (Lipinski definition) is 8. The minimum absolute atomic E-state index is 0.105. The number of amides is 3. The minimum Gasteiger partial charge on any atom is -0.481 e. The zero-order chi connectivity index (χ0) is 27.7. The SMILES string of the molecule is CCC(C)C(N)C(=O)NC(CCCCN)C(=O)NC(CCCCN)C(=O)NC(CCC(=O)O)C(=O)O. The van der Waals surface area contributed by atoms with Crippen LogP contribution < -0.4 is 33.2 Å². The lowest BCUT2D eigenvalue weighted by Gasteiger charge is -2.26. The fourth-order valence-corrected chi connectivity index (χ4v) is 3.37. The summed E-state index contributed by atoms with van der Waals surface area (Å²) >= 11 is 0. The van der Waals surface area contributed by atoms with Crippen molar-refractivity contribution in [2.45, 2.75) is 95.8 Å². The van der Waals surface area contributed by atoms with E-state index >= 15 is 0 Å². The van der Waals surface area contributed by atoms with Gasteiger partial charge in [0, 0.05) is 6.42 Å². The number of carboxylic acid groups (broad SMARTS) is 2. The molecule has 11 N–H and O–H groups in total. The van der Waals surface area contributed by atoms with Gasteiger partial charge in [-0.1, -0.05) is 20.3 Å². The van der Waals surface area contributed by atoms with Crippen molar-refractivity contribution in [2.24, 2.45) is 23.1 Å². The van der Waals surface area contributed by atoms with Crippen LogP contribution in [0.1, 0.15) is 71.6 Å². The van der Waals surface area contributed by atoms with E-state index in [2.05, 4.69) is 16.0 Å². The molecule has 13 heteroatoms. The molecule has 0 heterocycles. The second kappa shape index (κ2) is 18.5. The van der Waals surface area contributed by atoms with Crippen LogP contribution in [-0.2, 0) is 24.0 Å². The summed E-state index contributed by atoms with van der Waals surface area (Å²) in [5.41, 5.74) is 17.1. The monoisotopic (exact) mass is 516 g/mol. The van der Waals surface area contributed by atoms with Crippen LogP contribution in [0.25, 0.3) is 0 Å². The lowest BCUT2D eigenvalue weighted by atomic mass is 9.98. The molecule has 5 atom stereocenters.